The molecule has 2 N–H and O–H groups in total. The number of amides is 2. The first kappa shape index (κ1) is 23.3. The highest BCUT2D eigenvalue weighted by Crippen LogP contribution is 2.15. The quantitative estimate of drug-likeness (QED) is 0.280. The molecule has 2 amide bonds. The number of hydrogen-bond acceptors (Lipinski definition) is 6. The van der Waals surface area contributed by atoms with E-state index in [0.717, 1.165) is 11.1 Å². The van der Waals surface area contributed by atoms with E-state index in [2.05, 4.69) is 15.8 Å². The third-order valence-corrected chi connectivity index (χ3v) is 4.74. The van der Waals surface area contributed by atoms with E-state index in [4.69, 9.17) is 13.9 Å². The number of carbonyl (C=O) groups is 2. The molecule has 0 atom stereocenters. The number of benzene rings is 2. The average Bonchev–Trinajstić information content (AvgIpc) is 3.39. The molecular weight excluding hydrogens is 446 g/mol. The highest BCUT2D eigenvalue weighted by Gasteiger charge is 2.12. The molecule has 35 heavy (non-hydrogen) atoms. The van der Waals surface area contributed by atoms with Gasteiger partial charge in [0.15, 0.2) is 5.76 Å². The SMILES string of the molecule is O=C(/C=C/c1ccc(OCc2cccnc2)cc1)NNC(=O)c1ccc(COc2ccccc2)o1. The van der Waals surface area contributed by atoms with Crippen LogP contribution in [0.25, 0.3) is 6.08 Å². The van der Waals surface area contributed by atoms with Gasteiger partial charge in [-0.2, -0.15) is 0 Å². The van der Waals surface area contributed by atoms with Gasteiger partial charge < -0.3 is 13.9 Å². The smallest absolute Gasteiger partial charge is 0.305 e. The summed E-state index contributed by atoms with van der Waals surface area (Å²) < 4.78 is 16.8. The fraction of sp³-hybridized carbons (Fsp3) is 0.0741. The highest BCUT2D eigenvalue weighted by atomic mass is 16.5. The molecule has 0 unspecified atom stereocenters. The summed E-state index contributed by atoms with van der Waals surface area (Å²) in [5.74, 6) is 0.874. The number of para-hydroxylation sites is 1. The van der Waals surface area contributed by atoms with E-state index in [1.165, 1.54) is 12.1 Å². The number of furan rings is 1. The Labute approximate surface area is 202 Å². The third kappa shape index (κ3) is 7.33. The Morgan fingerprint density at radius 1 is 0.829 bits per heavy atom. The molecule has 0 saturated carbocycles. The molecule has 8 heteroatoms. The Balaban J connectivity index is 1.19. The first-order valence-electron chi connectivity index (χ1n) is 10.8. The summed E-state index contributed by atoms with van der Waals surface area (Å²) in [5, 5.41) is 0. The fourth-order valence-electron chi connectivity index (χ4n) is 2.97. The van der Waals surface area contributed by atoms with Gasteiger partial charge in [0.05, 0.1) is 0 Å². The number of aromatic nitrogens is 1. The molecule has 0 radical (unpaired) electrons. The van der Waals surface area contributed by atoms with E-state index in [1.54, 1.807) is 24.5 Å². The highest BCUT2D eigenvalue weighted by molar-refractivity contribution is 5.96. The summed E-state index contributed by atoms with van der Waals surface area (Å²) >= 11 is 0. The molecule has 2 aromatic carbocycles. The van der Waals surface area contributed by atoms with Crippen LogP contribution in [0.5, 0.6) is 11.5 Å². The van der Waals surface area contributed by atoms with Gasteiger partial charge in [0.1, 0.15) is 30.5 Å². The number of hydrogen-bond donors (Lipinski definition) is 2. The van der Waals surface area contributed by atoms with Crippen LogP contribution < -0.4 is 20.3 Å². The van der Waals surface area contributed by atoms with Gasteiger partial charge in [0, 0.05) is 24.0 Å². The fourth-order valence-corrected chi connectivity index (χ4v) is 2.97. The number of rotatable bonds is 9. The summed E-state index contributed by atoms with van der Waals surface area (Å²) in [5.41, 5.74) is 6.41. The lowest BCUT2D eigenvalue weighted by Gasteiger charge is -2.06. The largest absolute Gasteiger partial charge is 0.489 e. The summed E-state index contributed by atoms with van der Waals surface area (Å²) in [4.78, 5) is 28.3. The number of nitrogens with zero attached hydrogens (tertiary/aromatic N) is 1. The molecule has 2 heterocycles. The minimum atomic E-state index is -0.576. The second-order valence-corrected chi connectivity index (χ2v) is 7.36. The molecule has 0 aliphatic rings. The molecule has 2 aromatic heterocycles. The summed E-state index contributed by atoms with van der Waals surface area (Å²) in [6.45, 7) is 0.599. The van der Waals surface area contributed by atoms with E-state index in [-0.39, 0.29) is 12.4 Å². The molecular formula is C27H23N3O5. The zero-order valence-electron chi connectivity index (χ0n) is 18.7. The van der Waals surface area contributed by atoms with Gasteiger partial charge >= 0.3 is 5.91 Å². The topological polar surface area (TPSA) is 103 Å². The van der Waals surface area contributed by atoms with Crippen LogP contribution in [-0.4, -0.2) is 16.8 Å². The summed E-state index contributed by atoms with van der Waals surface area (Å²) in [7, 11) is 0. The first-order valence-corrected chi connectivity index (χ1v) is 10.8. The molecule has 176 valence electrons. The number of carbonyl (C=O) groups excluding carboxylic acids is 2. The van der Waals surface area contributed by atoms with Crippen molar-refractivity contribution in [1.82, 2.24) is 15.8 Å². The number of nitrogens with one attached hydrogen (secondary N) is 2. The van der Waals surface area contributed by atoms with E-state index in [9.17, 15) is 9.59 Å². The predicted octanol–water partition coefficient (Wildman–Crippen LogP) is 4.31. The van der Waals surface area contributed by atoms with Gasteiger partial charge in [-0.3, -0.25) is 25.4 Å². The van der Waals surface area contributed by atoms with E-state index in [1.807, 2.05) is 66.7 Å². The maximum atomic E-state index is 12.2. The molecule has 0 aliphatic heterocycles. The number of hydrazine groups is 1. The van der Waals surface area contributed by atoms with Crippen molar-refractivity contribution >= 4 is 17.9 Å². The van der Waals surface area contributed by atoms with Gasteiger partial charge in [-0.05, 0) is 54.1 Å². The van der Waals surface area contributed by atoms with Crippen molar-refractivity contribution in [3.8, 4) is 11.5 Å². The van der Waals surface area contributed by atoms with E-state index < -0.39 is 11.8 Å². The lowest BCUT2D eigenvalue weighted by Crippen LogP contribution is -2.40. The van der Waals surface area contributed by atoms with Crippen LogP contribution in [0.1, 0.15) is 27.4 Å². The van der Waals surface area contributed by atoms with Crippen LogP contribution in [0.15, 0.2) is 102 Å². The van der Waals surface area contributed by atoms with Crippen LogP contribution in [0.4, 0.5) is 0 Å². The van der Waals surface area contributed by atoms with E-state index in [0.29, 0.717) is 23.9 Å². The van der Waals surface area contributed by atoms with Crippen LogP contribution in [-0.2, 0) is 18.0 Å². The van der Waals surface area contributed by atoms with Crippen molar-refractivity contribution in [2.75, 3.05) is 0 Å². The maximum Gasteiger partial charge on any atom is 0.305 e. The predicted molar refractivity (Wildman–Crippen MR) is 129 cm³/mol. The van der Waals surface area contributed by atoms with Crippen molar-refractivity contribution in [2.24, 2.45) is 0 Å². The van der Waals surface area contributed by atoms with Gasteiger partial charge in [0.2, 0.25) is 0 Å². The summed E-state index contributed by atoms with van der Waals surface area (Å²) in [6, 6.07) is 23.5. The van der Waals surface area contributed by atoms with Crippen LogP contribution in [0, 0.1) is 0 Å². The minimum absolute atomic E-state index is 0.0582. The Morgan fingerprint density at radius 3 is 2.37 bits per heavy atom. The number of pyridine rings is 1. The molecule has 0 fully saturated rings. The van der Waals surface area contributed by atoms with E-state index >= 15 is 0 Å². The zero-order chi connectivity index (χ0) is 24.3. The van der Waals surface area contributed by atoms with Crippen molar-refractivity contribution in [3.05, 3.63) is 120 Å². The van der Waals surface area contributed by atoms with Crippen molar-refractivity contribution in [3.63, 3.8) is 0 Å². The van der Waals surface area contributed by atoms with Gasteiger partial charge in [-0.15, -0.1) is 0 Å². The molecule has 4 rings (SSSR count). The summed E-state index contributed by atoms with van der Waals surface area (Å²) in [6.07, 6.45) is 6.40. The van der Waals surface area contributed by atoms with Crippen LogP contribution in [0.3, 0.4) is 0 Å². The molecule has 8 nitrogen and oxygen atoms in total. The van der Waals surface area contributed by atoms with Crippen LogP contribution >= 0.6 is 0 Å². The van der Waals surface area contributed by atoms with Crippen LogP contribution in [0.2, 0.25) is 0 Å². The maximum absolute atomic E-state index is 12.2. The molecule has 0 bridgehead atoms. The lowest BCUT2D eigenvalue weighted by molar-refractivity contribution is -0.117. The minimum Gasteiger partial charge on any atom is -0.489 e. The van der Waals surface area contributed by atoms with Crippen molar-refractivity contribution in [2.45, 2.75) is 13.2 Å². The lowest BCUT2D eigenvalue weighted by atomic mass is 10.2. The molecule has 0 aliphatic carbocycles. The first-order chi connectivity index (χ1) is 17.2. The van der Waals surface area contributed by atoms with Gasteiger partial charge in [0.25, 0.3) is 5.91 Å². The van der Waals surface area contributed by atoms with Gasteiger partial charge in [-0.1, -0.05) is 36.4 Å². The normalized spacial score (nSPS) is 10.6. The second-order valence-electron chi connectivity index (χ2n) is 7.36. The average molecular weight is 469 g/mol. The number of ether oxygens (including phenoxy) is 2. The molecule has 0 saturated heterocycles. The Bertz CT molecular complexity index is 1270. The Kier molecular flexibility index (Phi) is 7.89. The van der Waals surface area contributed by atoms with Gasteiger partial charge in [-0.25, -0.2) is 0 Å². The van der Waals surface area contributed by atoms with Crippen molar-refractivity contribution < 1.29 is 23.5 Å². The monoisotopic (exact) mass is 469 g/mol. The molecule has 4 aromatic rings. The third-order valence-electron chi connectivity index (χ3n) is 4.74. The standard InChI is InChI=1S/C27H23N3O5/c31-26(15-10-20-8-11-23(12-9-20)33-18-21-5-4-16-28-17-21)29-30-27(32)25-14-13-24(35-25)19-34-22-6-2-1-3-7-22/h1-17H,18-19H2,(H,29,31)(H,30,32)/b15-10+. The Hall–Kier alpha value is -4.85. The molecule has 0 spiro atoms. The second kappa shape index (κ2) is 11.9. The Morgan fingerprint density at radius 2 is 1.60 bits per heavy atom. The zero-order valence-corrected chi connectivity index (χ0v) is 18.7. The van der Waals surface area contributed by atoms with Crippen molar-refractivity contribution in [1.29, 1.82) is 0 Å².